The fraction of sp³-hybridized carbons (Fsp3) is 0.481. The minimum atomic E-state index is -1.80. The molecule has 204 valence electrons. The fourth-order valence-corrected chi connectivity index (χ4v) is 5.80. The van der Waals surface area contributed by atoms with E-state index in [1.54, 1.807) is 13.8 Å². The van der Waals surface area contributed by atoms with E-state index in [4.69, 9.17) is 19.9 Å². The van der Waals surface area contributed by atoms with Crippen LogP contribution in [0.3, 0.4) is 0 Å². The Morgan fingerprint density at radius 3 is 2.37 bits per heavy atom. The number of ketones is 2. The molecule has 0 aromatic heterocycles. The largest absolute Gasteiger partial charge is 0.507 e. The molecular formula is C27H31NO10. The maximum atomic E-state index is 13.7. The molecule has 38 heavy (non-hydrogen) atoms. The second kappa shape index (κ2) is 9.30. The lowest BCUT2D eigenvalue weighted by atomic mass is 9.70. The standard InChI is InChI=1S/C27H31NO10/c1-4-27(35)9-14(38-15-8-12(28)21(29)10(2)37-15)17-20(26(27)34)25(33)18-19(24(17)32)23(31)16-11(22(18)30)6-5-7-13(16)36-3/h5-7,10,12,14-15,21,26,29,32-35H,4,8-9,28H2,1-3H3/t10-,12-,14-,15-,21+,26+,27+/m0/s1. The van der Waals surface area contributed by atoms with Crippen LogP contribution in [-0.4, -0.2) is 74.3 Å². The highest BCUT2D eigenvalue weighted by Gasteiger charge is 2.51. The highest BCUT2D eigenvalue weighted by Crippen LogP contribution is 2.56. The zero-order valence-corrected chi connectivity index (χ0v) is 21.2. The molecule has 1 saturated heterocycles. The van der Waals surface area contributed by atoms with Crippen LogP contribution in [-0.2, 0) is 9.47 Å². The first-order valence-electron chi connectivity index (χ1n) is 12.5. The average Bonchev–Trinajstić information content (AvgIpc) is 2.89. The number of hydrogen-bond donors (Lipinski definition) is 6. The van der Waals surface area contributed by atoms with E-state index in [9.17, 15) is 35.1 Å². The van der Waals surface area contributed by atoms with Crippen molar-refractivity contribution in [3.8, 4) is 17.2 Å². The molecule has 0 bridgehead atoms. The van der Waals surface area contributed by atoms with Gasteiger partial charge in [-0.05, 0) is 19.4 Å². The Kier molecular flexibility index (Phi) is 6.49. The summed E-state index contributed by atoms with van der Waals surface area (Å²) in [5.74, 6) is -2.76. The summed E-state index contributed by atoms with van der Waals surface area (Å²) in [6.07, 6.45) is -5.53. The molecule has 0 amide bonds. The Bertz CT molecular complexity index is 1310. The van der Waals surface area contributed by atoms with Crippen molar-refractivity contribution in [2.45, 2.75) is 75.5 Å². The zero-order chi connectivity index (χ0) is 27.7. The maximum Gasteiger partial charge on any atom is 0.202 e. The van der Waals surface area contributed by atoms with E-state index in [0.717, 1.165) is 0 Å². The minimum absolute atomic E-state index is 0.0301. The number of benzene rings is 2. The summed E-state index contributed by atoms with van der Waals surface area (Å²) >= 11 is 0. The van der Waals surface area contributed by atoms with Gasteiger partial charge in [-0.1, -0.05) is 19.1 Å². The van der Waals surface area contributed by atoms with Crippen molar-refractivity contribution >= 4 is 11.6 Å². The number of phenolic OH excluding ortho intramolecular Hbond substituents is 2. The number of aliphatic hydroxyl groups excluding tert-OH is 2. The first kappa shape index (κ1) is 26.5. The van der Waals surface area contributed by atoms with E-state index < -0.39 is 76.5 Å². The lowest BCUT2D eigenvalue weighted by molar-refractivity contribution is -0.252. The van der Waals surface area contributed by atoms with Crippen LogP contribution in [0.15, 0.2) is 18.2 Å². The van der Waals surface area contributed by atoms with Crippen molar-refractivity contribution < 1.29 is 49.3 Å². The Balaban J connectivity index is 1.70. The Morgan fingerprint density at radius 2 is 1.74 bits per heavy atom. The zero-order valence-electron chi connectivity index (χ0n) is 21.2. The summed E-state index contributed by atoms with van der Waals surface area (Å²) in [6, 6.07) is 3.75. The minimum Gasteiger partial charge on any atom is -0.507 e. The summed E-state index contributed by atoms with van der Waals surface area (Å²) in [5, 5.41) is 55.5. The van der Waals surface area contributed by atoms with Gasteiger partial charge in [-0.3, -0.25) is 9.59 Å². The number of ether oxygens (including phenoxy) is 3. The van der Waals surface area contributed by atoms with Crippen molar-refractivity contribution in [3.05, 3.63) is 51.6 Å². The number of methoxy groups -OCH3 is 1. The highest BCUT2D eigenvalue weighted by molar-refractivity contribution is 6.31. The van der Waals surface area contributed by atoms with Crippen molar-refractivity contribution in [3.63, 3.8) is 0 Å². The van der Waals surface area contributed by atoms with Crippen LogP contribution in [0, 0.1) is 0 Å². The number of hydrogen-bond acceptors (Lipinski definition) is 11. The number of phenols is 2. The molecule has 1 aliphatic heterocycles. The van der Waals surface area contributed by atoms with Gasteiger partial charge >= 0.3 is 0 Å². The SMILES string of the molecule is CC[C@@]1(O)C[C@H](O[C@H]2C[C@H](N)[C@H](O)[C@H](C)O2)c2c(O)c3c(c(O)c2[C@H]1O)C(=O)c1cccc(OC)c1C3=O. The van der Waals surface area contributed by atoms with Gasteiger partial charge in [-0.2, -0.15) is 0 Å². The average molecular weight is 530 g/mol. The smallest absolute Gasteiger partial charge is 0.202 e. The molecule has 11 heteroatoms. The van der Waals surface area contributed by atoms with Crippen LogP contribution in [0.5, 0.6) is 17.2 Å². The van der Waals surface area contributed by atoms with Gasteiger partial charge < -0.3 is 45.5 Å². The van der Waals surface area contributed by atoms with Crippen LogP contribution in [0.1, 0.15) is 88.3 Å². The van der Waals surface area contributed by atoms with E-state index in [1.165, 1.54) is 25.3 Å². The third-order valence-corrected chi connectivity index (χ3v) is 8.02. The Hall–Kier alpha value is -3.06. The Labute approximate surface area is 218 Å². The second-order valence-corrected chi connectivity index (χ2v) is 10.2. The van der Waals surface area contributed by atoms with Gasteiger partial charge in [0, 0.05) is 35.6 Å². The number of nitrogens with two attached hydrogens (primary N) is 1. The fourth-order valence-electron chi connectivity index (χ4n) is 5.80. The third-order valence-electron chi connectivity index (χ3n) is 8.02. The van der Waals surface area contributed by atoms with Crippen molar-refractivity contribution in [1.29, 1.82) is 0 Å². The molecule has 0 spiro atoms. The molecule has 2 aromatic rings. The molecule has 2 aliphatic carbocycles. The van der Waals surface area contributed by atoms with Crippen LogP contribution >= 0.6 is 0 Å². The summed E-state index contributed by atoms with van der Waals surface area (Å²) in [6.45, 7) is 3.25. The van der Waals surface area contributed by atoms with Crippen LogP contribution in [0.25, 0.3) is 0 Å². The molecule has 1 fully saturated rings. The monoisotopic (exact) mass is 529 g/mol. The number of aromatic hydroxyl groups is 2. The number of aliphatic hydroxyl groups is 3. The molecule has 3 aliphatic rings. The van der Waals surface area contributed by atoms with E-state index in [-0.39, 0.29) is 47.3 Å². The molecule has 0 saturated carbocycles. The second-order valence-electron chi connectivity index (χ2n) is 10.2. The first-order chi connectivity index (χ1) is 17.9. The summed E-state index contributed by atoms with van der Waals surface area (Å²) < 4.78 is 17.1. The van der Waals surface area contributed by atoms with Crippen LogP contribution in [0.2, 0.25) is 0 Å². The number of rotatable bonds is 4. The molecule has 0 unspecified atom stereocenters. The summed E-state index contributed by atoms with van der Waals surface area (Å²) in [5.41, 5.74) is 2.77. The lowest BCUT2D eigenvalue weighted by Gasteiger charge is -2.44. The predicted octanol–water partition coefficient (Wildman–Crippen LogP) is 1.34. The number of carbonyl (C=O) groups is 2. The molecule has 7 atom stereocenters. The highest BCUT2D eigenvalue weighted by atomic mass is 16.7. The number of fused-ring (bicyclic) bond motifs is 3. The third kappa shape index (κ3) is 3.73. The molecule has 5 rings (SSSR count). The first-order valence-corrected chi connectivity index (χ1v) is 12.5. The van der Waals surface area contributed by atoms with E-state index in [2.05, 4.69) is 0 Å². The topological polar surface area (TPSA) is 189 Å². The van der Waals surface area contributed by atoms with Crippen LogP contribution in [0.4, 0.5) is 0 Å². The van der Waals surface area contributed by atoms with Gasteiger partial charge in [0.1, 0.15) is 23.4 Å². The van der Waals surface area contributed by atoms with Crippen molar-refractivity contribution in [2.75, 3.05) is 7.11 Å². The normalized spacial score (nSPS) is 32.4. The van der Waals surface area contributed by atoms with Gasteiger partial charge in [0.15, 0.2) is 12.1 Å². The van der Waals surface area contributed by atoms with E-state index in [1.807, 2.05) is 0 Å². The predicted molar refractivity (Wildman–Crippen MR) is 131 cm³/mol. The molecule has 2 aromatic carbocycles. The molecule has 1 heterocycles. The summed E-state index contributed by atoms with van der Waals surface area (Å²) in [4.78, 5) is 27.2. The van der Waals surface area contributed by atoms with Gasteiger partial charge in [-0.15, -0.1) is 0 Å². The molecule has 7 N–H and O–H groups in total. The van der Waals surface area contributed by atoms with Crippen LogP contribution < -0.4 is 10.5 Å². The van der Waals surface area contributed by atoms with Gasteiger partial charge in [0.05, 0.1) is 47.7 Å². The lowest BCUT2D eigenvalue weighted by Crippen LogP contribution is -2.52. The van der Waals surface area contributed by atoms with Gasteiger partial charge in [0.25, 0.3) is 0 Å². The Morgan fingerprint density at radius 1 is 1.08 bits per heavy atom. The van der Waals surface area contributed by atoms with Crippen molar-refractivity contribution in [2.24, 2.45) is 5.73 Å². The van der Waals surface area contributed by atoms with E-state index in [0.29, 0.717) is 0 Å². The van der Waals surface area contributed by atoms with Gasteiger partial charge in [-0.25, -0.2) is 0 Å². The maximum absolute atomic E-state index is 13.7. The molecule has 11 nitrogen and oxygen atoms in total. The quantitative estimate of drug-likeness (QED) is 0.268. The van der Waals surface area contributed by atoms with E-state index >= 15 is 0 Å². The molecule has 0 radical (unpaired) electrons. The van der Waals surface area contributed by atoms with Gasteiger partial charge in [0.2, 0.25) is 5.78 Å². The molecular weight excluding hydrogens is 498 g/mol. The van der Waals surface area contributed by atoms with Crippen molar-refractivity contribution in [1.82, 2.24) is 0 Å². The summed E-state index contributed by atoms with van der Waals surface area (Å²) in [7, 11) is 1.34. The number of carbonyl (C=O) groups excluding carboxylic acids is 2.